The van der Waals surface area contributed by atoms with Crippen molar-refractivity contribution in [2.75, 3.05) is 0 Å². The second-order valence-corrected chi connectivity index (χ2v) is 8.48. The number of aromatic nitrogens is 1. The molecule has 0 aliphatic rings. The van der Waals surface area contributed by atoms with E-state index in [0.717, 1.165) is 0 Å². The third-order valence-corrected chi connectivity index (χ3v) is 7.15. The molecule has 0 saturated carbocycles. The number of H-pyrrole nitrogens is 1. The van der Waals surface area contributed by atoms with Crippen LogP contribution >= 0.6 is 11.3 Å². The van der Waals surface area contributed by atoms with Crippen molar-refractivity contribution < 1.29 is 0 Å². The standard InChI is InChI=1S/C26H15NS/c1-2-8-16-15(7-1)13-14-21-22(16)23-17-9-3-4-10-18(17)25-24(26(23)28-21)19-11-5-6-12-20(19)27-25/h1-14,27H. The summed E-state index contributed by atoms with van der Waals surface area (Å²) in [4.78, 5) is 3.70. The van der Waals surface area contributed by atoms with Crippen molar-refractivity contribution >= 4 is 74.9 Å². The van der Waals surface area contributed by atoms with E-state index in [4.69, 9.17) is 0 Å². The fourth-order valence-corrected chi connectivity index (χ4v) is 6.10. The van der Waals surface area contributed by atoms with Gasteiger partial charge in [0.05, 0.1) is 5.52 Å². The first-order valence-corrected chi connectivity index (χ1v) is 10.4. The third-order valence-electron chi connectivity index (χ3n) is 5.98. The van der Waals surface area contributed by atoms with E-state index in [0.29, 0.717) is 0 Å². The van der Waals surface area contributed by atoms with Crippen molar-refractivity contribution in [3.63, 3.8) is 0 Å². The maximum absolute atomic E-state index is 3.70. The van der Waals surface area contributed by atoms with Gasteiger partial charge in [-0.15, -0.1) is 11.3 Å². The highest BCUT2D eigenvalue weighted by Gasteiger charge is 2.18. The lowest BCUT2D eigenvalue weighted by Gasteiger charge is -2.05. The van der Waals surface area contributed by atoms with Crippen LogP contribution in [0.25, 0.3) is 63.5 Å². The molecule has 5 aromatic carbocycles. The number of thiophene rings is 1. The van der Waals surface area contributed by atoms with E-state index in [1.165, 1.54) is 63.5 Å². The normalized spacial score (nSPS) is 12.3. The predicted molar refractivity (Wildman–Crippen MR) is 124 cm³/mol. The molecule has 130 valence electrons. The van der Waals surface area contributed by atoms with Gasteiger partial charge in [-0.2, -0.15) is 0 Å². The maximum Gasteiger partial charge on any atom is 0.0559 e. The average Bonchev–Trinajstić information content (AvgIpc) is 3.33. The van der Waals surface area contributed by atoms with Gasteiger partial charge in [0, 0.05) is 41.8 Å². The summed E-state index contributed by atoms with van der Waals surface area (Å²) in [5.74, 6) is 0. The minimum atomic E-state index is 1.21. The highest BCUT2D eigenvalue weighted by molar-refractivity contribution is 7.27. The topological polar surface area (TPSA) is 15.8 Å². The van der Waals surface area contributed by atoms with Crippen LogP contribution in [-0.4, -0.2) is 4.98 Å². The zero-order valence-corrected chi connectivity index (χ0v) is 15.8. The Morgan fingerprint density at radius 2 is 1.25 bits per heavy atom. The van der Waals surface area contributed by atoms with Crippen molar-refractivity contribution in [2.24, 2.45) is 0 Å². The number of para-hydroxylation sites is 1. The van der Waals surface area contributed by atoms with Crippen LogP contribution in [0.4, 0.5) is 0 Å². The van der Waals surface area contributed by atoms with Gasteiger partial charge in [-0.1, -0.05) is 72.8 Å². The molecule has 0 bridgehead atoms. The minimum absolute atomic E-state index is 1.21. The first kappa shape index (κ1) is 14.7. The summed E-state index contributed by atoms with van der Waals surface area (Å²) in [7, 11) is 0. The zero-order valence-electron chi connectivity index (χ0n) is 15.0. The number of hydrogen-bond donors (Lipinski definition) is 1. The van der Waals surface area contributed by atoms with Crippen molar-refractivity contribution in [2.45, 2.75) is 0 Å². The molecule has 0 aliphatic carbocycles. The molecular formula is C26H15NS. The molecule has 7 rings (SSSR count). The molecule has 0 saturated heterocycles. The Kier molecular flexibility index (Phi) is 2.68. The first-order valence-electron chi connectivity index (χ1n) is 9.55. The quantitative estimate of drug-likeness (QED) is 0.277. The van der Waals surface area contributed by atoms with E-state index in [1.54, 1.807) is 0 Å². The molecule has 2 heterocycles. The van der Waals surface area contributed by atoms with Gasteiger partial charge in [-0.25, -0.2) is 0 Å². The second-order valence-electron chi connectivity index (χ2n) is 7.43. The third kappa shape index (κ3) is 1.71. The summed E-state index contributed by atoms with van der Waals surface area (Å²) in [6.45, 7) is 0. The molecule has 0 amide bonds. The Hall–Kier alpha value is -3.36. The fraction of sp³-hybridized carbons (Fsp3) is 0. The molecule has 0 aliphatic heterocycles. The lowest BCUT2D eigenvalue weighted by molar-refractivity contribution is 1.57. The molecule has 0 unspecified atom stereocenters. The molecule has 0 atom stereocenters. The van der Waals surface area contributed by atoms with Gasteiger partial charge in [0.2, 0.25) is 0 Å². The maximum atomic E-state index is 3.70. The smallest absolute Gasteiger partial charge is 0.0559 e. The van der Waals surface area contributed by atoms with E-state index in [2.05, 4.69) is 89.9 Å². The van der Waals surface area contributed by atoms with Crippen molar-refractivity contribution in [1.82, 2.24) is 4.98 Å². The van der Waals surface area contributed by atoms with Crippen LogP contribution in [0.5, 0.6) is 0 Å². The van der Waals surface area contributed by atoms with Crippen LogP contribution in [0, 0.1) is 0 Å². The SMILES string of the molecule is c1ccc2c(c1)ccc1sc3c4c5ccccc5[nH]c4c4ccccc4c3c12. The molecule has 0 radical (unpaired) electrons. The molecule has 0 fully saturated rings. The Morgan fingerprint density at radius 1 is 0.536 bits per heavy atom. The van der Waals surface area contributed by atoms with Crippen LogP contribution in [0.3, 0.4) is 0 Å². The molecular weight excluding hydrogens is 358 g/mol. The van der Waals surface area contributed by atoms with Gasteiger partial charge in [0.25, 0.3) is 0 Å². The van der Waals surface area contributed by atoms with Gasteiger partial charge in [0.1, 0.15) is 0 Å². The molecule has 0 spiro atoms. The number of rotatable bonds is 0. The van der Waals surface area contributed by atoms with E-state index in [1.807, 2.05) is 11.3 Å². The number of hydrogen-bond acceptors (Lipinski definition) is 1. The largest absolute Gasteiger partial charge is 0.354 e. The summed E-state index contributed by atoms with van der Waals surface area (Å²) >= 11 is 1.92. The summed E-state index contributed by atoms with van der Waals surface area (Å²) in [6, 6.07) is 30.8. The van der Waals surface area contributed by atoms with Crippen LogP contribution in [0.2, 0.25) is 0 Å². The van der Waals surface area contributed by atoms with Gasteiger partial charge < -0.3 is 4.98 Å². The Morgan fingerprint density at radius 3 is 2.14 bits per heavy atom. The van der Waals surface area contributed by atoms with Gasteiger partial charge in [0.15, 0.2) is 0 Å². The van der Waals surface area contributed by atoms with Gasteiger partial charge in [-0.05, 0) is 28.3 Å². The van der Waals surface area contributed by atoms with Crippen molar-refractivity contribution in [3.05, 3.63) is 84.9 Å². The van der Waals surface area contributed by atoms with Crippen LogP contribution in [0.1, 0.15) is 0 Å². The van der Waals surface area contributed by atoms with E-state index in [9.17, 15) is 0 Å². The van der Waals surface area contributed by atoms with Gasteiger partial charge >= 0.3 is 0 Å². The van der Waals surface area contributed by atoms with E-state index < -0.39 is 0 Å². The second kappa shape index (κ2) is 5.12. The van der Waals surface area contributed by atoms with E-state index >= 15 is 0 Å². The summed E-state index contributed by atoms with van der Waals surface area (Å²) in [5.41, 5.74) is 2.46. The van der Waals surface area contributed by atoms with Crippen LogP contribution in [-0.2, 0) is 0 Å². The summed E-state index contributed by atoms with van der Waals surface area (Å²) in [6.07, 6.45) is 0. The number of aromatic amines is 1. The molecule has 7 aromatic rings. The molecule has 2 heteroatoms. The monoisotopic (exact) mass is 373 g/mol. The number of benzene rings is 5. The zero-order chi connectivity index (χ0) is 18.2. The molecule has 1 nitrogen and oxygen atoms in total. The van der Waals surface area contributed by atoms with Crippen molar-refractivity contribution in [1.29, 1.82) is 0 Å². The minimum Gasteiger partial charge on any atom is -0.354 e. The molecule has 2 aromatic heterocycles. The Labute approximate surface area is 164 Å². The van der Waals surface area contributed by atoms with Crippen molar-refractivity contribution in [3.8, 4) is 0 Å². The van der Waals surface area contributed by atoms with Crippen LogP contribution in [0.15, 0.2) is 84.9 Å². The summed E-state index contributed by atoms with van der Waals surface area (Å²) < 4.78 is 2.74. The first-order chi connectivity index (χ1) is 13.9. The predicted octanol–water partition coefficient (Wildman–Crippen LogP) is 8.00. The highest BCUT2D eigenvalue weighted by Crippen LogP contribution is 2.47. The molecule has 1 N–H and O–H groups in total. The summed E-state index contributed by atoms with van der Waals surface area (Å²) in [5, 5.41) is 10.7. The van der Waals surface area contributed by atoms with Gasteiger partial charge in [-0.3, -0.25) is 0 Å². The average molecular weight is 373 g/mol. The highest BCUT2D eigenvalue weighted by atomic mass is 32.1. The fourth-order valence-electron chi connectivity index (χ4n) is 4.80. The van der Waals surface area contributed by atoms with Crippen LogP contribution < -0.4 is 0 Å². The Balaban J connectivity index is 1.92. The Bertz CT molecular complexity index is 1720. The van der Waals surface area contributed by atoms with E-state index in [-0.39, 0.29) is 0 Å². The molecule has 28 heavy (non-hydrogen) atoms. The number of nitrogens with one attached hydrogen (secondary N) is 1. The lowest BCUT2D eigenvalue weighted by atomic mass is 9.97. The lowest BCUT2D eigenvalue weighted by Crippen LogP contribution is -1.79. The number of fused-ring (bicyclic) bond motifs is 12.